The van der Waals surface area contributed by atoms with Gasteiger partial charge < -0.3 is 0 Å². The van der Waals surface area contributed by atoms with Gasteiger partial charge in [-0.1, -0.05) is 18.2 Å². The molecular weight excluding hydrogens is 263 g/mol. The van der Waals surface area contributed by atoms with E-state index in [1.54, 1.807) is 31.2 Å². The molecule has 0 saturated carbocycles. The van der Waals surface area contributed by atoms with E-state index in [0.29, 0.717) is 11.5 Å². The number of hydrogen-bond acceptors (Lipinski definition) is 2. The Morgan fingerprint density at radius 2 is 1.83 bits per heavy atom. The van der Waals surface area contributed by atoms with Gasteiger partial charge in [0.25, 0.3) is 0 Å². The first-order valence-corrected chi connectivity index (χ1v) is 5.58. The Bertz CT molecular complexity index is 598. The summed E-state index contributed by atoms with van der Waals surface area (Å²) in [6.45, 7) is 0.447. The summed E-state index contributed by atoms with van der Waals surface area (Å²) in [6, 6.07) is 8.93. The number of benzene rings is 1. The first-order chi connectivity index (χ1) is 8.38. The van der Waals surface area contributed by atoms with Gasteiger partial charge in [-0.15, -0.1) is 0 Å². The average molecular weight is 273 g/mol. The maximum atomic E-state index is 12.3. The predicted octanol–water partition coefficient (Wildman–Crippen LogP) is 3.27. The molecule has 3 nitrogen and oxygen atoms in total. The van der Waals surface area contributed by atoms with Gasteiger partial charge in [-0.05, 0) is 31.3 Å². The van der Waals surface area contributed by atoms with Gasteiger partial charge in [0.15, 0.2) is 0 Å². The van der Waals surface area contributed by atoms with Crippen LogP contribution in [0.5, 0.6) is 0 Å². The summed E-state index contributed by atoms with van der Waals surface area (Å²) in [5.74, 6) is 0.426. The monoisotopic (exact) mass is 273 g/mol. The lowest BCUT2D eigenvalue weighted by atomic mass is 10.3. The fourth-order valence-corrected chi connectivity index (χ4v) is 2.01. The number of alkyl halides is 3. The van der Waals surface area contributed by atoms with Crippen molar-refractivity contribution in [2.45, 2.75) is 19.6 Å². The van der Waals surface area contributed by atoms with Crippen LogP contribution in [0.4, 0.5) is 13.2 Å². The van der Waals surface area contributed by atoms with E-state index < -0.39 is 12.7 Å². The molecule has 7 heteroatoms. The molecule has 0 unspecified atom stereocenters. The molecule has 0 atom stereocenters. The third-order valence-electron chi connectivity index (χ3n) is 2.34. The van der Waals surface area contributed by atoms with Crippen LogP contribution in [-0.4, -0.2) is 20.5 Å². The molecule has 0 spiro atoms. The van der Waals surface area contributed by atoms with Gasteiger partial charge >= 0.3 is 6.18 Å². The molecule has 0 N–H and O–H groups in total. The van der Waals surface area contributed by atoms with Crippen molar-refractivity contribution in [2.24, 2.45) is 0 Å². The summed E-state index contributed by atoms with van der Waals surface area (Å²) in [5.41, 5.74) is 0.702. The Labute approximate surface area is 106 Å². The van der Waals surface area contributed by atoms with Crippen molar-refractivity contribution in [3.05, 3.63) is 40.9 Å². The summed E-state index contributed by atoms with van der Waals surface area (Å²) >= 11 is 5.03. The lowest BCUT2D eigenvalue weighted by molar-refractivity contribution is -0.142. The van der Waals surface area contributed by atoms with Crippen LogP contribution in [0, 0.1) is 11.7 Å². The Kier molecular flexibility index (Phi) is 3.25. The van der Waals surface area contributed by atoms with Crippen molar-refractivity contribution < 1.29 is 13.2 Å². The molecule has 0 aliphatic heterocycles. The van der Waals surface area contributed by atoms with Gasteiger partial charge in [-0.2, -0.15) is 18.3 Å². The third-order valence-corrected chi connectivity index (χ3v) is 2.74. The zero-order valence-electron chi connectivity index (χ0n) is 9.48. The van der Waals surface area contributed by atoms with Crippen LogP contribution in [0.1, 0.15) is 5.82 Å². The molecule has 18 heavy (non-hydrogen) atoms. The molecule has 0 aliphatic carbocycles. The van der Waals surface area contributed by atoms with Crippen LogP contribution in [0.15, 0.2) is 30.3 Å². The normalized spacial score (nSPS) is 11.8. The largest absolute Gasteiger partial charge is 0.408 e. The van der Waals surface area contributed by atoms with Crippen molar-refractivity contribution in [3.8, 4) is 5.69 Å². The third kappa shape index (κ3) is 2.61. The fourth-order valence-electron chi connectivity index (χ4n) is 1.66. The van der Waals surface area contributed by atoms with Gasteiger partial charge in [0.2, 0.25) is 4.77 Å². The molecule has 1 heterocycles. The van der Waals surface area contributed by atoms with Crippen LogP contribution >= 0.6 is 12.2 Å². The maximum Gasteiger partial charge on any atom is 0.408 e. The van der Waals surface area contributed by atoms with Gasteiger partial charge in [0, 0.05) is 5.69 Å². The molecule has 0 aliphatic rings. The average Bonchev–Trinajstić information content (AvgIpc) is 2.53. The van der Waals surface area contributed by atoms with Gasteiger partial charge in [-0.25, -0.2) is 4.68 Å². The second-order valence-corrected chi connectivity index (χ2v) is 4.14. The van der Waals surface area contributed by atoms with Gasteiger partial charge in [-0.3, -0.25) is 4.57 Å². The molecule has 1 aromatic carbocycles. The molecule has 0 fully saturated rings. The molecular formula is C11H10F3N3S. The quantitative estimate of drug-likeness (QED) is 0.784. The van der Waals surface area contributed by atoms with E-state index in [-0.39, 0.29) is 4.77 Å². The Morgan fingerprint density at radius 1 is 1.22 bits per heavy atom. The first kappa shape index (κ1) is 12.8. The van der Waals surface area contributed by atoms with E-state index in [2.05, 4.69) is 5.10 Å². The van der Waals surface area contributed by atoms with Crippen molar-refractivity contribution >= 4 is 12.2 Å². The van der Waals surface area contributed by atoms with E-state index in [9.17, 15) is 13.2 Å². The molecule has 0 amide bonds. The van der Waals surface area contributed by atoms with Crippen LogP contribution in [0.25, 0.3) is 5.69 Å². The molecule has 0 bridgehead atoms. The summed E-state index contributed by atoms with van der Waals surface area (Å²) in [6.07, 6.45) is -4.33. The molecule has 0 radical (unpaired) electrons. The molecule has 2 aromatic rings. The van der Waals surface area contributed by atoms with Crippen LogP contribution in [-0.2, 0) is 6.54 Å². The van der Waals surface area contributed by atoms with E-state index in [4.69, 9.17) is 12.2 Å². The minimum absolute atomic E-state index is 0.0380. The van der Waals surface area contributed by atoms with E-state index >= 15 is 0 Å². The topological polar surface area (TPSA) is 22.8 Å². The second-order valence-electron chi connectivity index (χ2n) is 3.77. The smallest absolute Gasteiger partial charge is 0.272 e. The van der Waals surface area contributed by atoms with Crippen LogP contribution in [0.3, 0.4) is 0 Å². The van der Waals surface area contributed by atoms with Crippen LogP contribution in [0.2, 0.25) is 0 Å². The lowest BCUT2D eigenvalue weighted by Gasteiger charge is -2.05. The molecule has 1 aromatic heterocycles. The summed E-state index contributed by atoms with van der Waals surface area (Å²) in [5, 5.41) is 3.83. The van der Waals surface area contributed by atoms with Crippen LogP contribution < -0.4 is 0 Å². The highest BCUT2D eigenvalue weighted by atomic mass is 32.1. The molecule has 96 valence electrons. The lowest BCUT2D eigenvalue weighted by Crippen LogP contribution is -2.19. The van der Waals surface area contributed by atoms with Gasteiger partial charge in [0.05, 0.1) is 0 Å². The standard InChI is InChI=1S/C11H10F3N3S/c1-8-15-16(7-11(12,13)14)10(18)17(8)9-5-3-2-4-6-9/h2-6H,7H2,1H3. The first-order valence-electron chi connectivity index (χ1n) is 5.17. The molecule has 0 saturated heterocycles. The number of rotatable bonds is 2. The summed E-state index contributed by atoms with van der Waals surface area (Å²) < 4.78 is 39.4. The minimum atomic E-state index is -4.33. The fraction of sp³-hybridized carbons (Fsp3) is 0.273. The maximum absolute atomic E-state index is 12.3. The van der Waals surface area contributed by atoms with Crippen molar-refractivity contribution in [2.75, 3.05) is 0 Å². The van der Waals surface area contributed by atoms with E-state index in [1.807, 2.05) is 6.07 Å². The SMILES string of the molecule is Cc1nn(CC(F)(F)F)c(=S)n1-c1ccccc1. The minimum Gasteiger partial charge on any atom is -0.272 e. The number of halogens is 3. The number of nitrogens with zero attached hydrogens (tertiary/aromatic N) is 3. The number of aromatic nitrogens is 3. The van der Waals surface area contributed by atoms with Gasteiger partial charge in [0.1, 0.15) is 12.4 Å². The van der Waals surface area contributed by atoms with E-state index in [0.717, 1.165) is 4.68 Å². The Hall–Kier alpha value is -1.63. The number of aryl methyl sites for hydroxylation is 1. The highest BCUT2D eigenvalue weighted by molar-refractivity contribution is 7.71. The highest BCUT2D eigenvalue weighted by Gasteiger charge is 2.29. The number of para-hydroxylation sites is 1. The number of hydrogen-bond donors (Lipinski definition) is 0. The van der Waals surface area contributed by atoms with Crippen molar-refractivity contribution in [1.29, 1.82) is 0 Å². The highest BCUT2D eigenvalue weighted by Crippen LogP contribution is 2.19. The van der Waals surface area contributed by atoms with Crippen molar-refractivity contribution in [1.82, 2.24) is 14.3 Å². The van der Waals surface area contributed by atoms with Crippen molar-refractivity contribution in [3.63, 3.8) is 0 Å². The Balaban J connectivity index is 2.49. The Morgan fingerprint density at radius 3 is 2.39 bits per heavy atom. The zero-order valence-corrected chi connectivity index (χ0v) is 10.3. The summed E-state index contributed by atoms with van der Waals surface area (Å²) in [7, 11) is 0. The molecule has 2 rings (SSSR count). The predicted molar refractivity (Wildman–Crippen MR) is 63.2 cm³/mol. The zero-order chi connectivity index (χ0) is 13.3. The second kappa shape index (κ2) is 4.56. The summed E-state index contributed by atoms with van der Waals surface area (Å²) in [4.78, 5) is 0. The van der Waals surface area contributed by atoms with E-state index in [1.165, 1.54) is 4.57 Å².